The summed E-state index contributed by atoms with van der Waals surface area (Å²) < 4.78 is 11.6. The number of hydrogen-bond acceptors (Lipinski definition) is 6. The Hall–Kier alpha value is -1.13. The predicted octanol–water partition coefficient (Wildman–Crippen LogP) is 12.5. The molecule has 0 heterocycles. The maximum Gasteiger partial charge on any atom is 0.305 e. The van der Waals surface area contributed by atoms with Gasteiger partial charge in [-0.2, -0.15) is 0 Å². The minimum absolute atomic E-state index is 0.0846. The summed E-state index contributed by atoms with van der Waals surface area (Å²) in [5.74, 6) is 6.19. The normalized spacial score (nSPS) is 12.1. The Bertz CT molecular complexity index is 764. The molecular formula is C46H89NO5. The minimum atomic E-state index is -0.615. The number of carbonyl (C=O) groups is 1. The molecule has 0 radical (unpaired) electrons. The molecule has 0 aliphatic rings. The van der Waals surface area contributed by atoms with Gasteiger partial charge in [0.1, 0.15) is 6.61 Å². The number of hydrogen-bond donors (Lipinski definition) is 2. The summed E-state index contributed by atoms with van der Waals surface area (Å²) in [6.07, 6.45) is 37.3. The number of aliphatic hydroxyl groups is 2. The van der Waals surface area contributed by atoms with Crippen LogP contribution >= 0.6 is 0 Å². The smallest absolute Gasteiger partial charge is 0.305 e. The van der Waals surface area contributed by atoms with Crippen LogP contribution < -0.4 is 0 Å². The van der Waals surface area contributed by atoms with Gasteiger partial charge in [-0.15, -0.1) is 5.92 Å². The molecule has 6 nitrogen and oxygen atoms in total. The standard InChI is InChI=1S/C46H89NO5/c1-4-7-10-13-16-25-34-43-51-45(49)37-28-21-17-23-30-39-47(41-32-33-42-48)40-31-24-18-22-29-38-46(50)52-44(35-26-19-14-11-8-5-2)36-27-20-15-12-9-6-3/h44,46,48,50H,4-15,17-24,26-43H2,1-3H3. The van der Waals surface area contributed by atoms with E-state index in [1.54, 1.807) is 0 Å². The molecule has 0 aliphatic heterocycles. The number of aliphatic hydroxyl groups excluding tert-OH is 2. The molecule has 1 atom stereocenters. The van der Waals surface area contributed by atoms with Crippen molar-refractivity contribution in [2.45, 2.75) is 245 Å². The fraction of sp³-hybridized carbons (Fsp3) is 0.935. The van der Waals surface area contributed by atoms with Crippen molar-refractivity contribution in [3.8, 4) is 11.8 Å². The third-order valence-corrected chi connectivity index (χ3v) is 10.3. The maximum absolute atomic E-state index is 12.0. The van der Waals surface area contributed by atoms with Gasteiger partial charge >= 0.3 is 5.97 Å². The molecule has 0 saturated carbocycles. The summed E-state index contributed by atoms with van der Waals surface area (Å²) in [5.41, 5.74) is 0. The van der Waals surface area contributed by atoms with Crippen LogP contribution in [0.5, 0.6) is 0 Å². The first-order chi connectivity index (χ1) is 25.6. The topological polar surface area (TPSA) is 79.2 Å². The van der Waals surface area contributed by atoms with Crippen LogP contribution in [0, 0.1) is 11.8 Å². The van der Waals surface area contributed by atoms with Crippen molar-refractivity contribution in [2.24, 2.45) is 0 Å². The van der Waals surface area contributed by atoms with Crippen molar-refractivity contribution >= 4 is 5.97 Å². The Labute approximate surface area is 324 Å². The number of ether oxygens (including phenoxy) is 2. The van der Waals surface area contributed by atoms with Crippen LogP contribution in [0.1, 0.15) is 233 Å². The Kier molecular flexibility index (Phi) is 41.7. The summed E-state index contributed by atoms with van der Waals surface area (Å²) in [6, 6.07) is 0. The molecule has 2 N–H and O–H groups in total. The van der Waals surface area contributed by atoms with Crippen molar-refractivity contribution < 1.29 is 24.5 Å². The summed E-state index contributed by atoms with van der Waals surface area (Å²) in [6.45, 7) is 10.8. The predicted molar refractivity (Wildman–Crippen MR) is 223 cm³/mol. The van der Waals surface area contributed by atoms with E-state index in [1.165, 1.54) is 122 Å². The molecule has 1 unspecified atom stereocenters. The maximum atomic E-state index is 12.0. The molecule has 0 aliphatic carbocycles. The van der Waals surface area contributed by atoms with E-state index in [-0.39, 0.29) is 18.7 Å². The SMILES string of the molecule is CCCCCC#CCCOC(=O)CCCCCCCN(CCCCO)CCCCCCCC(O)OC(CCCCCCCC)CCCCCCCC. The van der Waals surface area contributed by atoms with Gasteiger partial charge in [0, 0.05) is 25.9 Å². The lowest BCUT2D eigenvalue weighted by atomic mass is 10.0. The van der Waals surface area contributed by atoms with E-state index in [0.717, 1.165) is 96.7 Å². The van der Waals surface area contributed by atoms with Crippen molar-refractivity contribution in [1.29, 1.82) is 0 Å². The monoisotopic (exact) mass is 736 g/mol. The first-order valence-corrected chi connectivity index (χ1v) is 22.8. The van der Waals surface area contributed by atoms with Gasteiger partial charge in [0.25, 0.3) is 0 Å². The van der Waals surface area contributed by atoms with E-state index >= 15 is 0 Å². The molecule has 0 fully saturated rings. The fourth-order valence-electron chi connectivity index (χ4n) is 6.91. The van der Waals surface area contributed by atoms with Crippen molar-refractivity contribution in [1.82, 2.24) is 4.90 Å². The number of carbonyl (C=O) groups excluding carboxylic acids is 1. The fourth-order valence-corrected chi connectivity index (χ4v) is 6.91. The van der Waals surface area contributed by atoms with Gasteiger partial charge in [-0.05, 0) is 83.8 Å². The second-order valence-corrected chi connectivity index (χ2v) is 15.5. The Morgan fingerprint density at radius 1 is 0.538 bits per heavy atom. The van der Waals surface area contributed by atoms with E-state index in [2.05, 4.69) is 37.5 Å². The molecule has 0 aromatic heterocycles. The molecule has 6 heteroatoms. The Morgan fingerprint density at radius 3 is 1.54 bits per heavy atom. The second kappa shape index (κ2) is 42.6. The lowest BCUT2D eigenvalue weighted by molar-refractivity contribution is -0.144. The average Bonchev–Trinajstić information content (AvgIpc) is 3.14. The van der Waals surface area contributed by atoms with Gasteiger partial charge < -0.3 is 24.6 Å². The van der Waals surface area contributed by atoms with Crippen molar-refractivity contribution in [3.63, 3.8) is 0 Å². The van der Waals surface area contributed by atoms with E-state index in [9.17, 15) is 15.0 Å². The first kappa shape index (κ1) is 50.9. The van der Waals surface area contributed by atoms with Crippen molar-refractivity contribution in [2.75, 3.05) is 32.8 Å². The highest BCUT2D eigenvalue weighted by atomic mass is 16.6. The zero-order chi connectivity index (χ0) is 38.0. The Morgan fingerprint density at radius 2 is 0.981 bits per heavy atom. The molecule has 0 aromatic rings. The van der Waals surface area contributed by atoms with Crippen LogP contribution in [0.15, 0.2) is 0 Å². The lowest BCUT2D eigenvalue weighted by Crippen LogP contribution is -2.27. The van der Waals surface area contributed by atoms with Gasteiger partial charge in [-0.25, -0.2) is 0 Å². The van der Waals surface area contributed by atoms with E-state index in [1.807, 2.05) is 0 Å². The van der Waals surface area contributed by atoms with Gasteiger partial charge in [-0.3, -0.25) is 4.79 Å². The highest BCUT2D eigenvalue weighted by Crippen LogP contribution is 2.20. The van der Waals surface area contributed by atoms with E-state index < -0.39 is 6.29 Å². The molecule has 0 rings (SSSR count). The summed E-state index contributed by atoms with van der Waals surface area (Å²) in [4.78, 5) is 14.6. The van der Waals surface area contributed by atoms with E-state index in [0.29, 0.717) is 19.4 Å². The van der Waals surface area contributed by atoms with Gasteiger partial charge in [0.05, 0.1) is 6.10 Å². The van der Waals surface area contributed by atoms with Crippen LogP contribution in [-0.4, -0.2) is 66.3 Å². The zero-order valence-corrected chi connectivity index (χ0v) is 35.1. The molecule has 52 heavy (non-hydrogen) atoms. The highest BCUT2D eigenvalue weighted by Gasteiger charge is 2.15. The highest BCUT2D eigenvalue weighted by molar-refractivity contribution is 5.69. The van der Waals surface area contributed by atoms with E-state index in [4.69, 9.17) is 9.47 Å². The van der Waals surface area contributed by atoms with Crippen LogP contribution in [-0.2, 0) is 14.3 Å². The number of esters is 1. The second-order valence-electron chi connectivity index (χ2n) is 15.5. The quantitative estimate of drug-likeness (QED) is 0.0282. The third kappa shape index (κ3) is 38.6. The molecular weight excluding hydrogens is 647 g/mol. The van der Waals surface area contributed by atoms with Crippen LogP contribution in [0.4, 0.5) is 0 Å². The Balaban J connectivity index is 4.12. The van der Waals surface area contributed by atoms with Crippen LogP contribution in [0.3, 0.4) is 0 Å². The average molecular weight is 736 g/mol. The molecule has 308 valence electrons. The molecule has 0 saturated heterocycles. The summed E-state index contributed by atoms with van der Waals surface area (Å²) in [5, 5.41) is 20.0. The number of nitrogens with zero attached hydrogens (tertiary/aromatic N) is 1. The minimum Gasteiger partial charge on any atom is -0.465 e. The largest absolute Gasteiger partial charge is 0.465 e. The molecule has 0 aromatic carbocycles. The molecule has 0 amide bonds. The number of unbranched alkanes of at least 4 members (excludes halogenated alkanes) is 22. The number of rotatable bonds is 41. The van der Waals surface area contributed by atoms with Crippen LogP contribution in [0.2, 0.25) is 0 Å². The summed E-state index contributed by atoms with van der Waals surface area (Å²) >= 11 is 0. The molecule has 0 spiro atoms. The first-order valence-electron chi connectivity index (χ1n) is 22.8. The lowest BCUT2D eigenvalue weighted by Gasteiger charge is -2.22. The molecule has 0 bridgehead atoms. The van der Waals surface area contributed by atoms with Gasteiger partial charge in [0.2, 0.25) is 0 Å². The van der Waals surface area contributed by atoms with Gasteiger partial charge in [0.15, 0.2) is 6.29 Å². The van der Waals surface area contributed by atoms with Crippen LogP contribution in [0.25, 0.3) is 0 Å². The summed E-state index contributed by atoms with van der Waals surface area (Å²) in [7, 11) is 0. The van der Waals surface area contributed by atoms with Gasteiger partial charge in [-0.1, -0.05) is 155 Å². The third-order valence-electron chi connectivity index (χ3n) is 10.3. The van der Waals surface area contributed by atoms with Crippen molar-refractivity contribution in [3.05, 3.63) is 0 Å². The zero-order valence-electron chi connectivity index (χ0n) is 35.1.